The van der Waals surface area contributed by atoms with Crippen LogP contribution < -0.4 is 20.3 Å². The number of methoxy groups -OCH3 is 3. The molecule has 2 aromatic rings. The first kappa shape index (κ1) is 19.5. The first-order valence-corrected chi connectivity index (χ1v) is 7.35. The van der Waals surface area contributed by atoms with E-state index in [1.165, 1.54) is 33.5 Å². The van der Waals surface area contributed by atoms with Crippen LogP contribution in [0.1, 0.15) is 12.2 Å². The summed E-state index contributed by atoms with van der Waals surface area (Å²) in [5, 5.41) is 0.211. The van der Waals surface area contributed by atoms with Gasteiger partial charge in [-0.3, -0.25) is 15.6 Å². The molecule has 1 aromatic carbocycles. The predicted molar refractivity (Wildman–Crippen MR) is 85.9 cm³/mol. The van der Waals surface area contributed by atoms with Crippen molar-refractivity contribution in [2.24, 2.45) is 0 Å². The van der Waals surface area contributed by atoms with E-state index in [1.807, 2.05) is 0 Å². The Morgan fingerprint density at radius 3 is 2.35 bits per heavy atom. The van der Waals surface area contributed by atoms with Gasteiger partial charge in [-0.2, -0.15) is 13.2 Å². The van der Waals surface area contributed by atoms with Crippen LogP contribution in [0.3, 0.4) is 0 Å². The summed E-state index contributed by atoms with van der Waals surface area (Å²) < 4.78 is 54.2. The fourth-order valence-electron chi connectivity index (χ4n) is 2.06. The quantitative estimate of drug-likeness (QED) is 0.717. The molecule has 0 bridgehead atoms. The van der Waals surface area contributed by atoms with Crippen molar-refractivity contribution < 1.29 is 32.2 Å². The lowest BCUT2D eigenvalue weighted by atomic mass is 10.2. The van der Waals surface area contributed by atoms with E-state index in [-0.39, 0.29) is 41.2 Å². The summed E-state index contributed by atoms with van der Waals surface area (Å²) in [6.07, 6.45) is -4.74. The molecule has 0 spiro atoms. The third-order valence-corrected chi connectivity index (χ3v) is 3.31. The number of aromatic nitrogens is 2. The van der Waals surface area contributed by atoms with E-state index in [1.54, 1.807) is 0 Å². The van der Waals surface area contributed by atoms with Crippen LogP contribution in [0, 0.1) is 0 Å². The monoisotopic (exact) mass is 374 g/mol. The number of halogens is 3. The number of hydrogen-bond acceptors (Lipinski definition) is 7. The van der Waals surface area contributed by atoms with Crippen LogP contribution in [0.5, 0.6) is 11.5 Å². The molecule has 0 aliphatic rings. The maximum atomic E-state index is 13.1. The van der Waals surface area contributed by atoms with E-state index in [0.29, 0.717) is 0 Å². The molecule has 2 rings (SSSR count). The normalized spacial score (nSPS) is 11.3. The molecule has 0 atom stereocenters. The number of benzene rings is 1. The number of anilines is 1. The van der Waals surface area contributed by atoms with Crippen molar-refractivity contribution in [2.45, 2.75) is 12.6 Å². The SMILES string of the molecule is COCCC(=O)NNc1nc(C(F)(F)F)nc2cc(OC)c(OC)cc12. The summed E-state index contributed by atoms with van der Waals surface area (Å²) in [4.78, 5) is 18.6. The lowest BCUT2D eigenvalue weighted by molar-refractivity contribution is -0.144. The second-order valence-corrected chi connectivity index (χ2v) is 5.03. The lowest BCUT2D eigenvalue weighted by Gasteiger charge is -2.15. The number of carbonyl (C=O) groups is 1. The molecule has 1 heterocycles. The van der Waals surface area contributed by atoms with Crippen LogP contribution in [0.25, 0.3) is 10.9 Å². The summed E-state index contributed by atoms with van der Waals surface area (Å²) in [5.74, 6) is -1.58. The first-order valence-electron chi connectivity index (χ1n) is 7.35. The van der Waals surface area contributed by atoms with Crippen LogP contribution in [-0.4, -0.2) is 43.8 Å². The number of nitrogens with zero attached hydrogens (tertiary/aromatic N) is 2. The molecule has 142 valence electrons. The maximum absolute atomic E-state index is 13.1. The van der Waals surface area contributed by atoms with Gasteiger partial charge in [0.2, 0.25) is 11.7 Å². The maximum Gasteiger partial charge on any atom is 0.451 e. The summed E-state index contributed by atoms with van der Waals surface area (Å²) >= 11 is 0. The molecule has 2 N–H and O–H groups in total. The molecule has 0 radical (unpaired) electrons. The summed E-state index contributed by atoms with van der Waals surface area (Å²) in [7, 11) is 4.16. The molecule has 0 aliphatic heterocycles. The Bertz CT molecular complexity index is 799. The van der Waals surface area contributed by atoms with Gasteiger partial charge in [0.1, 0.15) is 0 Å². The minimum absolute atomic E-state index is 0.0236. The van der Waals surface area contributed by atoms with Gasteiger partial charge in [0.25, 0.3) is 0 Å². The zero-order valence-corrected chi connectivity index (χ0v) is 14.2. The number of amides is 1. The zero-order valence-electron chi connectivity index (χ0n) is 14.2. The van der Waals surface area contributed by atoms with Crippen molar-refractivity contribution in [1.29, 1.82) is 0 Å². The van der Waals surface area contributed by atoms with E-state index in [2.05, 4.69) is 20.8 Å². The van der Waals surface area contributed by atoms with E-state index < -0.39 is 17.9 Å². The zero-order chi connectivity index (χ0) is 19.3. The van der Waals surface area contributed by atoms with Crippen molar-refractivity contribution in [3.63, 3.8) is 0 Å². The van der Waals surface area contributed by atoms with Crippen molar-refractivity contribution in [3.8, 4) is 11.5 Å². The van der Waals surface area contributed by atoms with Gasteiger partial charge >= 0.3 is 6.18 Å². The number of nitrogens with one attached hydrogen (secondary N) is 2. The van der Waals surface area contributed by atoms with Gasteiger partial charge in [-0.1, -0.05) is 0 Å². The highest BCUT2D eigenvalue weighted by atomic mass is 19.4. The van der Waals surface area contributed by atoms with Gasteiger partial charge in [0.05, 0.1) is 32.8 Å². The summed E-state index contributed by atoms with van der Waals surface area (Å²) in [6, 6.07) is 2.71. The Labute approximate surface area is 146 Å². The van der Waals surface area contributed by atoms with Gasteiger partial charge in [0, 0.05) is 18.6 Å². The van der Waals surface area contributed by atoms with Crippen LogP contribution in [0.2, 0.25) is 0 Å². The second kappa shape index (κ2) is 8.04. The van der Waals surface area contributed by atoms with E-state index in [4.69, 9.17) is 14.2 Å². The number of ether oxygens (including phenoxy) is 3. The molecular formula is C15H17F3N4O4. The van der Waals surface area contributed by atoms with Crippen molar-refractivity contribution in [3.05, 3.63) is 18.0 Å². The van der Waals surface area contributed by atoms with E-state index in [9.17, 15) is 18.0 Å². The van der Waals surface area contributed by atoms with Crippen LogP contribution in [0.4, 0.5) is 19.0 Å². The van der Waals surface area contributed by atoms with Crippen LogP contribution >= 0.6 is 0 Å². The Morgan fingerprint density at radius 1 is 1.12 bits per heavy atom. The van der Waals surface area contributed by atoms with Gasteiger partial charge in [-0.05, 0) is 6.07 Å². The van der Waals surface area contributed by atoms with Crippen LogP contribution in [0.15, 0.2) is 12.1 Å². The number of fused-ring (bicyclic) bond motifs is 1. The Kier molecular flexibility index (Phi) is 6.03. The third kappa shape index (κ3) is 4.42. The first-order chi connectivity index (χ1) is 12.3. The highest BCUT2D eigenvalue weighted by Gasteiger charge is 2.35. The smallest absolute Gasteiger partial charge is 0.451 e. The summed E-state index contributed by atoms with van der Waals surface area (Å²) in [5.41, 5.74) is 4.64. The average molecular weight is 374 g/mol. The summed E-state index contributed by atoms with van der Waals surface area (Å²) in [6.45, 7) is 0.164. The number of hydrogen-bond donors (Lipinski definition) is 2. The minimum atomic E-state index is -4.77. The molecule has 0 unspecified atom stereocenters. The number of hydrazine groups is 1. The van der Waals surface area contributed by atoms with Gasteiger partial charge in [-0.25, -0.2) is 9.97 Å². The van der Waals surface area contributed by atoms with Gasteiger partial charge in [-0.15, -0.1) is 0 Å². The van der Waals surface area contributed by atoms with Crippen molar-refractivity contribution >= 4 is 22.6 Å². The fourth-order valence-corrected chi connectivity index (χ4v) is 2.06. The Hall–Kier alpha value is -2.82. The molecule has 0 aliphatic carbocycles. The van der Waals surface area contributed by atoms with E-state index >= 15 is 0 Å². The molecular weight excluding hydrogens is 357 g/mol. The highest BCUT2D eigenvalue weighted by Crippen LogP contribution is 2.36. The van der Waals surface area contributed by atoms with Crippen molar-refractivity contribution in [2.75, 3.05) is 33.4 Å². The van der Waals surface area contributed by atoms with Gasteiger partial charge in [0.15, 0.2) is 17.3 Å². The third-order valence-electron chi connectivity index (χ3n) is 3.31. The largest absolute Gasteiger partial charge is 0.493 e. The molecule has 26 heavy (non-hydrogen) atoms. The molecule has 11 heteroatoms. The van der Waals surface area contributed by atoms with Crippen LogP contribution in [-0.2, 0) is 15.7 Å². The number of rotatable bonds is 7. The van der Waals surface area contributed by atoms with E-state index in [0.717, 1.165) is 0 Å². The highest BCUT2D eigenvalue weighted by molar-refractivity contribution is 5.92. The molecule has 1 amide bonds. The number of alkyl halides is 3. The molecule has 1 aromatic heterocycles. The standard InChI is InChI=1S/C15H17F3N4O4/c1-24-5-4-12(23)21-22-13-8-6-10(25-2)11(26-3)7-9(8)19-14(20-13)15(16,17)18/h6-7H,4-5H2,1-3H3,(H,21,23)(H,19,20,22). The fraction of sp³-hybridized carbons (Fsp3) is 0.400. The lowest BCUT2D eigenvalue weighted by Crippen LogP contribution is -2.31. The second-order valence-electron chi connectivity index (χ2n) is 5.03. The minimum Gasteiger partial charge on any atom is -0.493 e. The topological polar surface area (TPSA) is 94.6 Å². The molecule has 8 nitrogen and oxygen atoms in total. The number of carbonyl (C=O) groups excluding carboxylic acids is 1. The Morgan fingerprint density at radius 2 is 1.77 bits per heavy atom. The van der Waals surface area contributed by atoms with Crippen molar-refractivity contribution in [1.82, 2.24) is 15.4 Å². The average Bonchev–Trinajstić information content (AvgIpc) is 2.61. The molecule has 0 fully saturated rings. The van der Waals surface area contributed by atoms with Gasteiger partial charge < -0.3 is 14.2 Å². The molecule has 0 saturated carbocycles. The predicted octanol–water partition coefficient (Wildman–Crippen LogP) is 2.15. The Balaban J connectivity index is 2.48. The molecule has 0 saturated heterocycles.